The molecule has 1 fully saturated rings. The monoisotopic (exact) mass is 189 g/mol. The number of rotatable bonds is 4. The molecule has 3 heteroatoms. The molecule has 0 spiro atoms. The van der Waals surface area contributed by atoms with Crippen molar-refractivity contribution in [1.82, 2.24) is 4.90 Å². The molecule has 0 bridgehead atoms. The molecular weight excluding hydrogens is 174 g/mol. The maximum Gasteiger partial charge on any atom is 0.0900 e. The number of likely N-dealkylation sites (tertiary alicyclic amines) is 1. The van der Waals surface area contributed by atoms with Crippen LogP contribution in [0.2, 0.25) is 0 Å². The molecule has 0 radical (unpaired) electrons. The standard InChI is InChI=1S/C9H16ClNO/c1-2-4-9(12)7-11(8-9)6-3-5-10/h3,5,12H,2,4,6-8H2,1H3. The zero-order chi connectivity index (χ0) is 9.03. The van der Waals surface area contributed by atoms with E-state index in [1.807, 2.05) is 6.08 Å². The Morgan fingerprint density at radius 1 is 1.58 bits per heavy atom. The van der Waals surface area contributed by atoms with Gasteiger partial charge in [-0.05, 0) is 6.42 Å². The quantitative estimate of drug-likeness (QED) is 0.726. The summed E-state index contributed by atoms with van der Waals surface area (Å²) in [6, 6.07) is 0. The molecule has 0 atom stereocenters. The van der Waals surface area contributed by atoms with Gasteiger partial charge in [-0.15, -0.1) is 0 Å². The summed E-state index contributed by atoms with van der Waals surface area (Å²) in [7, 11) is 0. The minimum absolute atomic E-state index is 0.408. The number of nitrogens with zero attached hydrogens (tertiary/aromatic N) is 1. The SMILES string of the molecule is CCCC1(O)CN(CC=CCl)C1. The number of β-amino-alcohol motifs (C(OH)–C–C–N with tert-alkyl or cyclic N) is 1. The highest BCUT2D eigenvalue weighted by molar-refractivity contribution is 6.25. The lowest BCUT2D eigenvalue weighted by Crippen LogP contribution is -2.61. The molecule has 0 unspecified atom stereocenters. The first kappa shape index (κ1) is 10.0. The van der Waals surface area contributed by atoms with Gasteiger partial charge in [0.2, 0.25) is 0 Å². The molecule has 1 N–H and O–H groups in total. The van der Waals surface area contributed by atoms with E-state index in [9.17, 15) is 5.11 Å². The Balaban J connectivity index is 2.17. The van der Waals surface area contributed by atoms with Crippen LogP contribution in [0.3, 0.4) is 0 Å². The second-order valence-corrected chi connectivity index (χ2v) is 3.76. The van der Waals surface area contributed by atoms with Crippen LogP contribution in [0, 0.1) is 0 Å². The van der Waals surface area contributed by atoms with E-state index >= 15 is 0 Å². The molecule has 0 aromatic carbocycles. The highest BCUT2D eigenvalue weighted by Gasteiger charge is 2.39. The maximum atomic E-state index is 9.78. The van der Waals surface area contributed by atoms with Crippen molar-refractivity contribution < 1.29 is 5.11 Å². The second kappa shape index (κ2) is 4.26. The van der Waals surface area contributed by atoms with Crippen molar-refractivity contribution in [2.75, 3.05) is 19.6 Å². The van der Waals surface area contributed by atoms with E-state index in [2.05, 4.69) is 11.8 Å². The van der Waals surface area contributed by atoms with Crippen molar-refractivity contribution >= 4 is 11.6 Å². The minimum Gasteiger partial charge on any atom is -0.387 e. The predicted octanol–water partition coefficient (Wildman–Crippen LogP) is 1.59. The van der Waals surface area contributed by atoms with Gasteiger partial charge in [-0.3, -0.25) is 4.90 Å². The maximum absolute atomic E-state index is 9.78. The zero-order valence-corrected chi connectivity index (χ0v) is 8.22. The smallest absolute Gasteiger partial charge is 0.0900 e. The Kier molecular flexibility index (Phi) is 3.56. The lowest BCUT2D eigenvalue weighted by molar-refractivity contribution is -0.0977. The van der Waals surface area contributed by atoms with Crippen molar-refractivity contribution in [2.24, 2.45) is 0 Å². The first-order valence-electron chi connectivity index (χ1n) is 4.40. The molecule has 0 aromatic heterocycles. The Bertz CT molecular complexity index is 164. The number of aliphatic hydroxyl groups is 1. The largest absolute Gasteiger partial charge is 0.387 e. The molecule has 70 valence electrons. The molecule has 1 saturated heterocycles. The van der Waals surface area contributed by atoms with Crippen LogP contribution >= 0.6 is 11.6 Å². The fourth-order valence-corrected chi connectivity index (χ4v) is 1.81. The van der Waals surface area contributed by atoms with Crippen molar-refractivity contribution in [1.29, 1.82) is 0 Å². The van der Waals surface area contributed by atoms with Crippen LogP contribution in [0.25, 0.3) is 0 Å². The summed E-state index contributed by atoms with van der Waals surface area (Å²) in [4.78, 5) is 2.18. The van der Waals surface area contributed by atoms with E-state index in [-0.39, 0.29) is 0 Å². The summed E-state index contributed by atoms with van der Waals surface area (Å²) < 4.78 is 0. The molecule has 12 heavy (non-hydrogen) atoms. The molecule has 1 aliphatic heterocycles. The zero-order valence-electron chi connectivity index (χ0n) is 7.46. The molecular formula is C9H16ClNO. The van der Waals surface area contributed by atoms with Gasteiger partial charge in [0, 0.05) is 25.2 Å². The number of hydrogen-bond donors (Lipinski definition) is 1. The van der Waals surface area contributed by atoms with Gasteiger partial charge >= 0.3 is 0 Å². The number of hydrogen-bond acceptors (Lipinski definition) is 2. The fraction of sp³-hybridized carbons (Fsp3) is 0.778. The van der Waals surface area contributed by atoms with Crippen molar-refractivity contribution in [3.05, 3.63) is 11.6 Å². The van der Waals surface area contributed by atoms with Crippen molar-refractivity contribution in [3.8, 4) is 0 Å². The summed E-state index contributed by atoms with van der Waals surface area (Å²) >= 11 is 5.39. The van der Waals surface area contributed by atoms with Crippen molar-refractivity contribution in [3.63, 3.8) is 0 Å². The van der Waals surface area contributed by atoms with Crippen LogP contribution in [-0.4, -0.2) is 35.2 Å². The van der Waals surface area contributed by atoms with E-state index in [1.54, 1.807) is 0 Å². The van der Waals surface area contributed by atoms with Gasteiger partial charge in [0.25, 0.3) is 0 Å². The average molecular weight is 190 g/mol. The van der Waals surface area contributed by atoms with Gasteiger partial charge < -0.3 is 5.11 Å². The number of halogens is 1. The molecule has 0 saturated carbocycles. The summed E-state index contributed by atoms with van der Waals surface area (Å²) in [6.45, 7) is 4.54. The topological polar surface area (TPSA) is 23.5 Å². The van der Waals surface area contributed by atoms with Crippen LogP contribution < -0.4 is 0 Å². The molecule has 0 aromatic rings. The summed E-state index contributed by atoms with van der Waals surface area (Å²) in [5.41, 5.74) is 1.12. The van der Waals surface area contributed by atoms with Crippen LogP contribution in [0.1, 0.15) is 19.8 Å². The normalized spacial score (nSPS) is 22.9. The van der Waals surface area contributed by atoms with Gasteiger partial charge in [-0.1, -0.05) is 31.0 Å². The van der Waals surface area contributed by atoms with E-state index in [4.69, 9.17) is 11.6 Å². The van der Waals surface area contributed by atoms with E-state index in [0.717, 1.165) is 32.5 Å². The first-order valence-corrected chi connectivity index (χ1v) is 4.84. The van der Waals surface area contributed by atoms with E-state index in [0.29, 0.717) is 0 Å². The fourth-order valence-electron chi connectivity index (χ4n) is 1.73. The predicted molar refractivity (Wildman–Crippen MR) is 51.3 cm³/mol. The Labute approximate surface area is 78.8 Å². The van der Waals surface area contributed by atoms with Crippen LogP contribution in [0.5, 0.6) is 0 Å². The van der Waals surface area contributed by atoms with Crippen LogP contribution in [0.15, 0.2) is 11.6 Å². The molecule has 0 amide bonds. The third kappa shape index (κ3) is 2.47. The molecule has 1 rings (SSSR count). The van der Waals surface area contributed by atoms with Crippen LogP contribution in [-0.2, 0) is 0 Å². The van der Waals surface area contributed by atoms with Gasteiger partial charge in [0.15, 0.2) is 0 Å². The highest BCUT2D eigenvalue weighted by Crippen LogP contribution is 2.25. The minimum atomic E-state index is -0.408. The van der Waals surface area contributed by atoms with Gasteiger partial charge in [-0.2, -0.15) is 0 Å². The van der Waals surface area contributed by atoms with Gasteiger partial charge in [-0.25, -0.2) is 0 Å². The lowest BCUT2D eigenvalue weighted by atomic mass is 9.89. The van der Waals surface area contributed by atoms with E-state index < -0.39 is 5.60 Å². The lowest BCUT2D eigenvalue weighted by Gasteiger charge is -2.46. The Morgan fingerprint density at radius 2 is 2.25 bits per heavy atom. The highest BCUT2D eigenvalue weighted by atomic mass is 35.5. The van der Waals surface area contributed by atoms with Gasteiger partial charge in [0.1, 0.15) is 0 Å². The Morgan fingerprint density at radius 3 is 2.75 bits per heavy atom. The summed E-state index contributed by atoms with van der Waals surface area (Å²) in [6.07, 6.45) is 3.86. The third-order valence-corrected chi connectivity index (χ3v) is 2.38. The Hall–Kier alpha value is -0.0500. The molecule has 1 heterocycles. The first-order chi connectivity index (χ1) is 5.70. The third-order valence-electron chi connectivity index (χ3n) is 2.20. The van der Waals surface area contributed by atoms with E-state index in [1.165, 1.54) is 5.54 Å². The molecule has 2 nitrogen and oxygen atoms in total. The van der Waals surface area contributed by atoms with Crippen LogP contribution in [0.4, 0.5) is 0 Å². The molecule has 1 aliphatic rings. The van der Waals surface area contributed by atoms with Crippen molar-refractivity contribution in [2.45, 2.75) is 25.4 Å². The second-order valence-electron chi connectivity index (χ2n) is 3.51. The molecule has 0 aliphatic carbocycles. The average Bonchev–Trinajstić information content (AvgIpc) is 1.97. The summed E-state index contributed by atoms with van der Waals surface area (Å²) in [5, 5.41) is 9.78. The van der Waals surface area contributed by atoms with Gasteiger partial charge in [0.05, 0.1) is 5.60 Å². The summed E-state index contributed by atoms with van der Waals surface area (Å²) in [5.74, 6) is 0.